The summed E-state index contributed by atoms with van der Waals surface area (Å²) in [5.74, 6) is 0.330. The van der Waals surface area contributed by atoms with Crippen LogP contribution in [0.25, 0.3) is 0 Å². The fourth-order valence-corrected chi connectivity index (χ4v) is 1.76. The Morgan fingerprint density at radius 2 is 1.93 bits per heavy atom. The third-order valence-corrected chi connectivity index (χ3v) is 2.30. The number of nitrogens with two attached hydrogens (primary N) is 1. The van der Waals surface area contributed by atoms with Crippen LogP contribution in [0.5, 0.6) is 0 Å². The van der Waals surface area contributed by atoms with Crippen molar-refractivity contribution in [1.29, 1.82) is 0 Å². The van der Waals surface area contributed by atoms with Crippen LogP contribution in [0.3, 0.4) is 0 Å². The first-order valence-corrected chi connectivity index (χ1v) is 5.08. The van der Waals surface area contributed by atoms with E-state index in [-0.39, 0.29) is 11.9 Å². The zero-order valence-corrected chi connectivity index (χ0v) is 8.83. The van der Waals surface area contributed by atoms with Gasteiger partial charge in [0.2, 0.25) is 0 Å². The van der Waals surface area contributed by atoms with E-state index >= 15 is 0 Å². The van der Waals surface area contributed by atoms with Crippen LogP contribution in [0.1, 0.15) is 25.8 Å². The first-order chi connectivity index (χ1) is 6.59. The van der Waals surface area contributed by atoms with Crippen molar-refractivity contribution >= 4 is 0 Å². The van der Waals surface area contributed by atoms with Crippen molar-refractivity contribution in [1.82, 2.24) is 0 Å². The van der Waals surface area contributed by atoms with Gasteiger partial charge in [0.1, 0.15) is 5.82 Å². The molecule has 2 atom stereocenters. The van der Waals surface area contributed by atoms with Gasteiger partial charge in [-0.2, -0.15) is 0 Å². The predicted molar refractivity (Wildman–Crippen MR) is 57.5 cm³/mol. The average Bonchev–Trinajstić information content (AvgIpc) is 2.07. The number of hydrogen-bond acceptors (Lipinski definition) is 1. The van der Waals surface area contributed by atoms with E-state index in [9.17, 15) is 4.39 Å². The van der Waals surface area contributed by atoms with Crippen molar-refractivity contribution < 1.29 is 4.39 Å². The normalized spacial score (nSPS) is 15.1. The standard InChI is InChI=1S/C12H18FN/c1-9(7-10(2)14)8-11-5-3-4-6-12(11)13/h3-6,9-10H,7-8,14H2,1-2H3. The van der Waals surface area contributed by atoms with Crippen LogP contribution < -0.4 is 5.73 Å². The predicted octanol–water partition coefficient (Wildman–Crippen LogP) is 2.74. The van der Waals surface area contributed by atoms with E-state index in [0.717, 1.165) is 18.4 Å². The lowest BCUT2D eigenvalue weighted by Crippen LogP contribution is -2.19. The number of benzene rings is 1. The molecular formula is C12H18FN. The Labute approximate surface area is 85.1 Å². The SMILES string of the molecule is CC(N)CC(C)Cc1ccccc1F. The van der Waals surface area contributed by atoms with Gasteiger partial charge in [-0.3, -0.25) is 0 Å². The van der Waals surface area contributed by atoms with E-state index in [2.05, 4.69) is 6.92 Å². The van der Waals surface area contributed by atoms with E-state index < -0.39 is 0 Å². The van der Waals surface area contributed by atoms with Crippen LogP contribution in [-0.2, 0) is 6.42 Å². The zero-order valence-electron chi connectivity index (χ0n) is 8.83. The number of hydrogen-bond donors (Lipinski definition) is 1. The minimum atomic E-state index is -0.107. The van der Waals surface area contributed by atoms with E-state index in [1.807, 2.05) is 19.1 Å². The third-order valence-electron chi connectivity index (χ3n) is 2.30. The number of rotatable bonds is 4. The fraction of sp³-hybridized carbons (Fsp3) is 0.500. The summed E-state index contributed by atoms with van der Waals surface area (Å²) >= 11 is 0. The smallest absolute Gasteiger partial charge is 0.126 e. The summed E-state index contributed by atoms with van der Waals surface area (Å²) in [5, 5.41) is 0. The summed E-state index contributed by atoms with van der Waals surface area (Å²) in [6.45, 7) is 4.09. The Morgan fingerprint density at radius 1 is 1.29 bits per heavy atom. The molecule has 0 bridgehead atoms. The van der Waals surface area contributed by atoms with Gasteiger partial charge in [-0.1, -0.05) is 25.1 Å². The highest BCUT2D eigenvalue weighted by atomic mass is 19.1. The first-order valence-electron chi connectivity index (χ1n) is 5.08. The summed E-state index contributed by atoms with van der Waals surface area (Å²) in [6, 6.07) is 7.13. The molecule has 0 amide bonds. The molecule has 0 fully saturated rings. The maximum Gasteiger partial charge on any atom is 0.126 e. The molecule has 0 radical (unpaired) electrons. The number of halogens is 1. The van der Waals surface area contributed by atoms with Gasteiger partial charge in [-0.05, 0) is 37.3 Å². The van der Waals surface area contributed by atoms with Crippen LogP contribution in [-0.4, -0.2) is 6.04 Å². The van der Waals surface area contributed by atoms with Gasteiger partial charge in [-0.15, -0.1) is 0 Å². The molecule has 0 heterocycles. The summed E-state index contributed by atoms with van der Waals surface area (Å²) in [4.78, 5) is 0. The molecule has 14 heavy (non-hydrogen) atoms. The van der Waals surface area contributed by atoms with Gasteiger partial charge in [-0.25, -0.2) is 4.39 Å². The van der Waals surface area contributed by atoms with Crippen LogP contribution in [0.2, 0.25) is 0 Å². The molecule has 1 aromatic carbocycles. The average molecular weight is 195 g/mol. The zero-order chi connectivity index (χ0) is 10.6. The Morgan fingerprint density at radius 3 is 2.50 bits per heavy atom. The monoisotopic (exact) mass is 195 g/mol. The summed E-state index contributed by atoms with van der Waals surface area (Å²) in [7, 11) is 0. The van der Waals surface area contributed by atoms with Crippen molar-refractivity contribution in [3.05, 3.63) is 35.6 Å². The fourth-order valence-electron chi connectivity index (χ4n) is 1.76. The molecular weight excluding hydrogens is 177 g/mol. The van der Waals surface area contributed by atoms with Gasteiger partial charge >= 0.3 is 0 Å². The maximum absolute atomic E-state index is 13.3. The topological polar surface area (TPSA) is 26.0 Å². The van der Waals surface area contributed by atoms with E-state index in [1.165, 1.54) is 6.07 Å². The molecule has 0 aliphatic carbocycles. The first kappa shape index (κ1) is 11.2. The minimum Gasteiger partial charge on any atom is -0.328 e. The molecule has 0 spiro atoms. The largest absolute Gasteiger partial charge is 0.328 e. The Hall–Kier alpha value is -0.890. The molecule has 2 unspecified atom stereocenters. The van der Waals surface area contributed by atoms with Crippen LogP contribution >= 0.6 is 0 Å². The summed E-state index contributed by atoms with van der Waals surface area (Å²) in [6.07, 6.45) is 1.71. The van der Waals surface area contributed by atoms with Crippen molar-refractivity contribution in [2.45, 2.75) is 32.7 Å². The molecule has 78 valence electrons. The minimum absolute atomic E-state index is 0.107. The highest BCUT2D eigenvalue weighted by Crippen LogP contribution is 2.15. The quantitative estimate of drug-likeness (QED) is 0.785. The molecule has 2 N–H and O–H groups in total. The lowest BCUT2D eigenvalue weighted by Gasteiger charge is -2.14. The van der Waals surface area contributed by atoms with E-state index in [0.29, 0.717) is 5.92 Å². The van der Waals surface area contributed by atoms with Gasteiger partial charge in [0.15, 0.2) is 0 Å². The van der Waals surface area contributed by atoms with Gasteiger partial charge < -0.3 is 5.73 Å². The van der Waals surface area contributed by atoms with E-state index in [4.69, 9.17) is 5.73 Å². The maximum atomic E-state index is 13.3. The molecule has 2 heteroatoms. The van der Waals surface area contributed by atoms with E-state index in [1.54, 1.807) is 6.07 Å². The highest BCUT2D eigenvalue weighted by molar-refractivity contribution is 5.17. The molecule has 0 saturated heterocycles. The molecule has 1 rings (SSSR count). The summed E-state index contributed by atoms with van der Waals surface area (Å²) < 4.78 is 13.3. The lowest BCUT2D eigenvalue weighted by molar-refractivity contribution is 0.469. The molecule has 0 saturated carbocycles. The van der Waals surface area contributed by atoms with Gasteiger partial charge in [0, 0.05) is 6.04 Å². The Bertz CT molecular complexity index is 283. The molecule has 1 nitrogen and oxygen atoms in total. The van der Waals surface area contributed by atoms with Crippen molar-refractivity contribution in [2.75, 3.05) is 0 Å². The van der Waals surface area contributed by atoms with Crippen LogP contribution in [0.15, 0.2) is 24.3 Å². The van der Waals surface area contributed by atoms with Crippen molar-refractivity contribution in [2.24, 2.45) is 11.7 Å². The molecule has 1 aromatic rings. The van der Waals surface area contributed by atoms with Gasteiger partial charge in [0.25, 0.3) is 0 Å². The lowest BCUT2D eigenvalue weighted by atomic mass is 9.95. The third kappa shape index (κ3) is 3.46. The Balaban J connectivity index is 2.56. The second-order valence-electron chi connectivity index (χ2n) is 4.11. The molecule has 0 aliphatic heterocycles. The second-order valence-corrected chi connectivity index (χ2v) is 4.11. The second kappa shape index (κ2) is 5.11. The highest BCUT2D eigenvalue weighted by Gasteiger charge is 2.08. The van der Waals surface area contributed by atoms with Crippen LogP contribution in [0, 0.1) is 11.7 Å². The molecule has 0 aliphatic rings. The van der Waals surface area contributed by atoms with Gasteiger partial charge in [0.05, 0.1) is 0 Å². The van der Waals surface area contributed by atoms with Crippen molar-refractivity contribution in [3.63, 3.8) is 0 Å². The summed E-state index contributed by atoms with van der Waals surface area (Å²) in [5.41, 5.74) is 6.48. The van der Waals surface area contributed by atoms with Crippen molar-refractivity contribution in [3.8, 4) is 0 Å². The molecule has 0 aromatic heterocycles. The van der Waals surface area contributed by atoms with Crippen LogP contribution in [0.4, 0.5) is 4.39 Å². The Kier molecular flexibility index (Phi) is 4.08.